The number of sulfonamides is 1. The molecule has 0 aliphatic heterocycles. The lowest BCUT2D eigenvalue weighted by Crippen LogP contribution is -2.39. The fraction of sp³-hybridized carbons (Fsp3) is 0.222. The van der Waals surface area contributed by atoms with E-state index in [9.17, 15) is 23.3 Å². The number of Topliss-reactive ketones (excluding diaryl/α,β-unsaturated/α-hetero) is 1. The molecule has 0 amide bonds. The van der Waals surface area contributed by atoms with Gasteiger partial charge < -0.3 is 0 Å². The van der Waals surface area contributed by atoms with Crippen molar-refractivity contribution in [1.82, 2.24) is 4.05 Å². The molecule has 1 rings (SSSR count). The quantitative estimate of drug-likeness (QED) is 0.444. The van der Waals surface area contributed by atoms with E-state index in [0.29, 0.717) is 4.41 Å². The summed E-state index contributed by atoms with van der Waals surface area (Å²) in [7, 11) is -4.13. The SMILES string of the molecule is CC(=O)CS(=O)(=O)N(c1ccc([N+](=O)[O-])cc1)N(Cl)Cl. The molecule has 0 spiro atoms. The number of carbonyl (C=O) groups excluding carboxylic acids is 1. The molecule has 0 radical (unpaired) electrons. The van der Waals surface area contributed by atoms with Gasteiger partial charge in [0, 0.05) is 35.7 Å². The minimum absolute atomic E-state index is 0.0400. The molecule has 0 saturated carbocycles. The van der Waals surface area contributed by atoms with Gasteiger partial charge in [-0.05, 0) is 23.1 Å². The van der Waals surface area contributed by atoms with Crippen LogP contribution in [0.2, 0.25) is 0 Å². The molecule has 1 aromatic rings. The van der Waals surface area contributed by atoms with Crippen LogP contribution in [0.25, 0.3) is 0 Å². The van der Waals surface area contributed by atoms with E-state index in [1.54, 1.807) is 0 Å². The second-order valence-corrected chi connectivity index (χ2v) is 6.30. The zero-order chi connectivity index (χ0) is 15.5. The highest BCUT2D eigenvalue weighted by Gasteiger charge is 2.29. The number of nitro groups is 1. The van der Waals surface area contributed by atoms with E-state index >= 15 is 0 Å². The first kappa shape index (κ1) is 16.6. The topological polar surface area (TPSA) is 101 Å². The molecule has 0 aliphatic carbocycles. The zero-order valence-corrected chi connectivity index (χ0v) is 12.4. The van der Waals surface area contributed by atoms with Crippen LogP contribution in [0.3, 0.4) is 0 Å². The van der Waals surface area contributed by atoms with Crippen LogP contribution in [0.15, 0.2) is 24.3 Å². The minimum Gasteiger partial charge on any atom is -0.299 e. The molecule has 8 nitrogen and oxygen atoms in total. The molecular weight excluding hydrogens is 333 g/mol. The van der Waals surface area contributed by atoms with Crippen LogP contribution in [0, 0.1) is 10.1 Å². The summed E-state index contributed by atoms with van der Waals surface area (Å²) in [6, 6.07) is 4.47. The van der Waals surface area contributed by atoms with Gasteiger partial charge in [-0.3, -0.25) is 14.9 Å². The van der Waals surface area contributed by atoms with Crippen molar-refractivity contribution in [1.29, 1.82) is 0 Å². The third kappa shape index (κ3) is 4.04. The first-order valence-corrected chi connectivity index (χ1v) is 7.32. The van der Waals surface area contributed by atoms with Crippen LogP contribution < -0.4 is 4.41 Å². The number of rotatable bonds is 6. The Morgan fingerprint density at radius 2 is 1.80 bits per heavy atom. The average molecular weight is 342 g/mol. The Morgan fingerprint density at radius 1 is 1.30 bits per heavy atom. The summed E-state index contributed by atoms with van der Waals surface area (Å²) in [4.78, 5) is 20.8. The third-order valence-corrected chi connectivity index (χ3v) is 4.22. The van der Waals surface area contributed by atoms with Gasteiger partial charge in [0.1, 0.15) is 11.5 Å². The van der Waals surface area contributed by atoms with Crippen molar-refractivity contribution in [2.75, 3.05) is 10.2 Å². The number of benzene rings is 1. The molecule has 0 heterocycles. The predicted molar refractivity (Wildman–Crippen MR) is 73.6 cm³/mol. The molecule has 0 saturated heterocycles. The average Bonchev–Trinajstić information content (AvgIpc) is 2.26. The number of hydrazine groups is 1. The van der Waals surface area contributed by atoms with Gasteiger partial charge in [-0.2, -0.15) is 4.41 Å². The number of nitrogens with zero attached hydrogens (tertiary/aromatic N) is 3. The number of halogens is 2. The standard InChI is InChI=1S/C9H9Cl2N3O5S/c1-7(15)6-20(18,19)12(14(10)11)8-2-4-9(5-3-8)13(16)17/h2-5H,6H2,1H3. The van der Waals surface area contributed by atoms with E-state index in [1.807, 2.05) is 0 Å². The smallest absolute Gasteiger partial charge is 0.269 e. The normalized spacial score (nSPS) is 11.4. The fourth-order valence-corrected chi connectivity index (χ4v) is 3.37. The Kier molecular flexibility index (Phi) is 5.28. The molecular formula is C9H9Cl2N3O5S. The van der Waals surface area contributed by atoms with Gasteiger partial charge in [-0.15, -0.1) is 0 Å². The monoisotopic (exact) mass is 341 g/mol. The van der Waals surface area contributed by atoms with Crippen LogP contribution in [0.5, 0.6) is 0 Å². The summed E-state index contributed by atoms with van der Waals surface area (Å²) < 4.78 is 24.6. The van der Waals surface area contributed by atoms with Crippen molar-refractivity contribution < 1.29 is 18.1 Å². The van der Waals surface area contributed by atoms with E-state index in [1.165, 1.54) is 0 Å². The number of non-ortho nitro benzene ring substituents is 1. The Hall–Kier alpha value is -1.42. The largest absolute Gasteiger partial charge is 0.299 e. The van der Waals surface area contributed by atoms with Crippen LogP contribution >= 0.6 is 23.6 Å². The maximum absolute atomic E-state index is 12.0. The lowest BCUT2D eigenvalue weighted by Gasteiger charge is -2.24. The Bertz CT molecular complexity index is 617. The molecule has 0 aromatic heterocycles. The first-order valence-electron chi connectivity index (χ1n) is 5.03. The van der Waals surface area contributed by atoms with Crippen molar-refractivity contribution >= 4 is 50.7 Å². The molecule has 0 aliphatic rings. The fourth-order valence-electron chi connectivity index (χ4n) is 1.36. The van der Waals surface area contributed by atoms with Crippen molar-refractivity contribution in [3.63, 3.8) is 0 Å². The number of ketones is 1. The van der Waals surface area contributed by atoms with E-state index in [-0.39, 0.29) is 15.4 Å². The summed E-state index contributed by atoms with van der Waals surface area (Å²) in [5, 5.41) is 10.5. The first-order chi connectivity index (χ1) is 9.15. The van der Waals surface area contributed by atoms with E-state index in [4.69, 9.17) is 23.6 Å². The van der Waals surface area contributed by atoms with Crippen molar-refractivity contribution in [3.8, 4) is 0 Å². The Labute approximate surface area is 124 Å². The van der Waals surface area contributed by atoms with Gasteiger partial charge >= 0.3 is 0 Å². The Balaban J connectivity index is 3.21. The number of carbonyl (C=O) groups is 1. The van der Waals surface area contributed by atoms with Crippen molar-refractivity contribution in [2.45, 2.75) is 6.92 Å². The third-order valence-electron chi connectivity index (χ3n) is 2.07. The number of nitro benzene ring substituents is 1. The minimum atomic E-state index is -4.13. The molecule has 0 atom stereocenters. The maximum Gasteiger partial charge on any atom is 0.269 e. The van der Waals surface area contributed by atoms with Crippen molar-refractivity contribution in [2.24, 2.45) is 0 Å². The van der Waals surface area contributed by atoms with Gasteiger partial charge in [-0.25, -0.2) is 8.42 Å². The molecule has 0 N–H and O–H groups in total. The molecule has 0 fully saturated rings. The predicted octanol–water partition coefficient (Wildman–Crippen LogP) is 1.84. The lowest BCUT2D eigenvalue weighted by atomic mass is 10.3. The summed E-state index contributed by atoms with van der Waals surface area (Å²) in [6.07, 6.45) is 0. The van der Waals surface area contributed by atoms with Gasteiger partial charge in [0.2, 0.25) is 0 Å². The second-order valence-electron chi connectivity index (χ2n) is 3.69. The van der Waals surface area contributed by atoms with E-state index < -0.39 is 26.5 Å². The molecule has 20 heavy (non-hydrogen) atoms. The van der Waals surface area contributed by atoms with Gasteiger partial charge in [-0.1, -0.05) is 0 Å². The highest BCUT2D eigenvalue weighted by atomic mass is 35.5. The molecule has 11 heteroatoms. The number of anilines is 1. The van der Waals surface area contributed by atoms with E-state index in [0.717, 1.165) is 31.2 Å². The molecule has 110 valence electrons. The highest BCUT2D eigenvalue weighted by molar-refractivity contribution is 7.93. The van der Waals surface area contributed by atoms with E-state index in [2.05, 4.69) is 0 Å². The maximum atomic E-state index is 12.0. The molecule has 1 aromatic carbocycles. The molecule has 0 unspecified atom stereocenters. The zero-order valence-electron chi connectivity index (χ0n) is 10.1. The lowest BCUT2D eigenvalue weighted by molar-refractivity contribution is -0.384. The summed E-state index contributed by atoms with van der Waals surface area (Å²) in [5.41, 5.74) is -0.268. The summed E-state index contributed by atoms with van der Waals surface area (Å²) >= 11 is 10.9. The van der Waals surface area contributed by atoms with Gasteiger partial charge in [0.15, 0.2) is 0 Å². The summed E-state index contributed by atoms with van der Waals surface area (Å²) in [5.74, 6) is -1.41. The van der Waals surface area contributed by atoms with Gasteiger partial charge in [0.25, 0.3) is 15.7 Å². The Morgan fingerprint density at radius 3 is 2.15 bits per heavy atom. The van der Waals surface area contributed by atoms with Crippen LogP contribution in [0.4, 0.5) is 11.4 Å². The molecule has 0 bridgehead atoms. The van der Waals surface area contributed by atoms with Gasteiger partial charge in [0.05, 0.1) is 10.6 Å². The number of hydrogen-bond acceptors (Lipinski definition) is 6. The van der Waals surface area contributed by atoms with Crippen LogP contribution in [0.1, 0.15) is 6.92 Å². The summed E-state index contributed by atoms with van der Waals surface area (Å²) in [6.45, 7) is 1.10. The highest BCUT2D eigenvalue weighted by Crippen LogP contribution is 2.26. The van der Waals surface area contributed by atoms with Crippen LogP contribution in [-0.4, -0.2) is 28.9 Å². The van der Waals surface area contributed by atoms with Crippen LogP contribution in [-0.2, 0) is 14.8 Å². The van der Waals surface area contributed by atoms with Crippen molar-refractivity contribution in [3.05, 3.63) is 34.4 Å². The number of hydrogen-bond donors (Lipinski definition) is 0. The second kappa shape index (κ2) is 6.35.